The molecule has 3 N–H and O–H groups in total. The average molecular weight is 523 g/mol. The van der Waals surface area contributed by atoms with Crippen molar-refractivity contribution in [1.29, 1.82) is 0 Å². The number of amides is 1. The van der Waals surface area contributed by atoms with Crippen LogP contribution in [0.5, 0.6) is 0 Å². The summed E-state index contributed by atoms with van der Waals surface area (Å²) in [6.07, 6.45) is 9.36. The topological polar surface area (TPSA) is 107 Å². The summed E-state index contributed by atoms with van der Waals surface area (Å²) in [5.74, 6) is 1.21. The van der Waals surface area contributed by atoms with E-state index >= 15 is 0 Å². The molecule has 0 atom stereocenters. The van der Waals surface area contributed by atoms with Gasteiger partial charge in [-0.2, -0.15) is 0 Å². The zero-order valence-electron chi connectivity index (χ0n) is 20.3. The van der Waals surface area contributed by atoms with Gasteiger partial charge >= 0.3 is 11.9 Å². The third-order valence-corrected chi connectivity index (χ3v) is 8.45. The zero-order valence-corrected chi connectivity index (χ0v) is 21.9. The third-order valence-electron chi connectivity index (χ3n) is 7.15. The highest BCUT2D eigenvalue weighted by Crippen LogP contribution is 2.59. The monoisotopic (exact) mass is 522 g/mol. The predicted molar refractivity (Wildman–Crippen MR) is 138 cm³/mol. The van der Waals surface area contributed by atoms with Crippen LogP contribution in [0.3, 0.4) is 0 Å². The fourth-order valence-corrected chi connectivity index (χ4v) is 7.39. The molecule has 0 saturated heterocycles. The van der Waals surface area contributed by atoms with Crippen LogP contribution in [0.25, 0.3) is 0 Å². The largest absolute Gasteiger partial charge is 0.478 e. The number of benzene rings is 1. The molecule has 0 spiro atoms. The van der Waals surface area contributed by atoms with Crippen molar-refractivity contribution in [2.75, 3.05) is 32.9 Å². The molecule has 9 heteroatoms. The van der Waals surface area contributed by atoms with Crippen molar-refractivity contribution >= 4 is 41.2 Å². The van der Waals surface area contributed by atoms with E-state index in [1.54, 1.807) is 11.8 Å². The number of carboxylic acid groups (broad SMARTS) is 2. The summed E-state index contributed by atoms with van der Waals surface area (Å²) in [6, 6.07) is 5.83. The smallest absolute Gasteiger partial charge is 0.328 e. The molecule has 7 nitrogen and oxygen atoms in total. The third kappa shape index (κ3) is 8.26. The van der Waals surface area contributed by atoms with Crippen LogP contribution >= 0.6 is 23.4 Å². The lowest BCUT2D eigenvalue weighted by Crippen LogP contribution is -2.51. The van der Waals surface area contributed by atoms with Crippen molar-refractivity contribution in [3.8, 4) is 0 Å². The lowest BCUT2D eigenvalue weighted by molar-refractivity contribution is -0.134. The maximum absolute atomic E-state index is 12.9. The summed E-state index contributed by atoms with van der Waals surface area (Å²) in [6.45, 7) is 1.84. The normalized spacial score (nSPS) is 26.5. The van der Waals surface area contributed by atoms with Crippen LogP contribution in [0.1, 0.15) is 48.9 Å². The van der Waals surface area contributed by atoms with Crippen LogP contribution in [-0.2, 0) is 9.59 Å². The molecule has 192 valence electrons. The van der Waals surface area contributed by atoms with Gasteiger partial charge in [0.25, 0.3) is 5.91 Å². The van der Waals surface area contributed by atoms with Gasteiger partial charge < -0.3 is 20.4 Å². The van der Waals surface area contributed by atoms with Crippen molar-refractivity contribution in [3.05, 3.63) is 40.9 Å². The summed E-state index contributed by atoms with van der Waals surface area (Å²) in [4.78, 5) is 35.3. The minimum Gasteiger partial charge on any atom is -0.478 e. The Bertz CT molecular complexity index is 914. The Kier molecular flexibility index (Phi) is 9.67. The van der Waals surface area contributed by atoms with E-state index in [2.05, 4.69) is 24.3 Å². The second-order valence-corrected chi connectivity index (χ2v) is 12.0. The van der Waals surface area contributed by atoms with Crippen LogP contribution in [0.15, 0.2) is 35.2 Å². The molecule has 0 heterocycles. The van der Waals surface area contributed by atoms with Crippen molar-refractivity contribution in [3.63, 3.8) is 0 Å². The number of hydrogen-bond donors (Lipinski definition) is 3. The predicted octanol–water partition coefficient (Wildman–Crippen LogP) is 4.65. The van der Waals surface area contributed by atoms with E-state index in [0.717, 1.165) is 41.5 Å². The zero-order chi connectivity index (χ0) is 25.6. The minimum atomic E-state index is -1.26. The van der Waals surface area contributed by atoms with Gasteiger partial charge in [-0.1, -0.05) is 11.6 Å². The van der Waals surface area contributed by atoms with Crippen molar-refractivity contribution in [2.45, 2.75) is 43.4 Å². The lowest BCUT2D eigenvalue weighted by atomic mass is 9.49. The molecule has 4 fully saturated rings. The number of nitrogens with one attached hydrogen (secondary N) is 1. The van der Waals surface area contributed by atoms with E-state index in [0.29, 0.717) is 28.2 Å². The molecular formula is C26H35ClN2O5S. The maximum atomic E-state index is 12.9. The second-order valence-electron chi connectivity index (χ2n) is 10.4. The first kappa shape index (κ1) is 27.6. The van der Waals surface area contributed by atoms with Gasteiger partial charge in [0, 0.05) is 35.9 Å². The Morgan fingerprint density at radius 2 is 1.60 bits per heavy atom. The van der Waals surface area contributed by atoms with Crippen molar-refractivity contribution in [2.24, 2.45) is 23.2 Å². The quantitative estimate of drug-likeness (QED) is 0.320. The van der Waals surface area contributed by atoms with E-state index in [9.17, 15) is 14.4 Å². The van der Waals surface area contributed by atoms with Gasteiger partial charge in [0.15, 0.2) is 0 Å². The standard InChI is InChI=1S/C22H31ClN2OS.C4H4O4/c1-25(2)5-6-27-18-3-4-20(23)19(10-18)21(26)24-14-22-11-15-7-16(12-22)9-17(8-15)13-22;5-3(6)1-2-4(7)8/h3-4,10,15-17H,5-9,11-14H2,1-2H3,(H,24,26);1-2H,(H,5,6)(H,7,8)/b;2-1+. The molecule has 4 saturated carbocycles. The molecule has 0 radical (unpaired) electrons. The van der Waals surface area contributed by atoms with E-state index in [-0.39, 0.29) is 5.91 Å². The molecule has 5 rings (SSSR count). The Balaban J connectivity index is 0.000000371. The molecule has 1 aromatic carbocycles. The first-order valence-electron chi connectivity index (χ1n) is 12.0. The molecule has 0 unspecified atom stereocenters. The van der Waals surface area contributed by atoms with Gasteiger partial charge in [-0.15, -0.1) is 11.8 Å². The molecule has 0 aromatic heterocycles. The number of thioether (sulfide) groups is 1. The fraction of sp³-hybridized carbons (Fsp3) is 0.577. The highest BCUT2D eigenvalue weighted by Gasteiger charge is 2.50. The summed E-state index contributed by atoms with van der Waals surface area (Å²) in [5, 5.41) is 19.4. The van der Waals surface area contributed by atoms with Crippen LogP contribution in [0.4, 0.5) is 0 Å². The maximum Gasteiger partial charge on any atom is 0.328 e. The summed E-state index contributed by atoms with van der Waals surface area (Å²) in [7, 11) is 4.15. The molecule has 1 amide bonds. The fourth-order valence-electron chi connectivity index (χ4n) is 6.13. The molecule has 0 aliphatic heterocycles. The Morgan fingerprint density at radius 3 is 2.09 bits per heavy atom. The SMILES string of the molecule is CN(C)CCSc1ccc(Cl)c(C(=O)NCC23CC4CC(CC(C4)C2)C3)c1.O=C(O)/C=C/C(=O)O. The number of nitrogens with zero attached hydrogens (tertiary/aromatic N) is 1. The molecule has 35 heavy (non-hydrogen) atoms. The summed E-state index contributed by atoms with van der Waals surface area (Å²) in [5.41, 5.74) is 0.978. The number of carboxylic acids is 2. The lowest BCUT2D eigenvalue weighted by Gasteiger charge is -2.56. The second kappa shape index (κ2) is 12.3. The van der Waals surface area contributed by atoms with Gasteiger partial charge in [-0.25, -0.2) is 9.59 Å². The van der Waals surface area contributed by atoms with E-state index < -0.39 is 11.9 Å². The number of carbonyl (C=O) groups excluding carboxylic acids is 1. The number of hydrogen-bond acceptors (Lipinski definition) is 5. The van der Waals surface area contributed by atoms with Crippen molar-refractivity contribution in [1.82, 2.24) is 10.2 Å². The highest BCUT2D eigenvalue weighted by atomic mass is 35.5. The molecule has 4 bridgehead atoms. The van der Waals surface area contributed by atoms with Crippen LogP contribution in [0, 0.1) is 23.2 Å². The van der Waals surface area contributed by atoms with Crippen LogP contribution in [0.2, 0.25) is 5.02 Å². The number of rotatable bonds is 9. The Labute approximate surface area is 216 Å². The van der Waals surface area contributed by atoms with Gasteiger partial charge in [0.1, 0.15) is 0 Å². The Morgan fingerprint density at radius 1 is 1.06 bits per heavy atom. The first-order chi connectivity index (χ1) is 16.5. The van der Waals surface area contributed by atoms with Gasteiger partial charge in [0.2, 0.25) is 0 Å². The number of carbonyl (C=O) groups is 3. The summed E-state index contributed by atoms with van der Waals surface area (Å²) >= 11 is 8.13. The Hall–Kier alpha value is -2.03. The van der Waals surface area contributed by atoms with Gasteiger partial charge in [-0.05, 0) is 94.0 Å². The highest BCUT2D eigenvalue weighted by molar-refractivity contribution is 7.99. The van der Waals surface area contributed by atoms with Crippen LogP contribution in [-0.4, -0.2) is 65.9 Å². The molecular weight excluding hydrogens is 488 g/mol. The van der Waals surface area contributed by atoms with E-state index in [4.69, 9.17) is 21.8 Å². The molecule has 4 aliphatic rings. The van der Waals surface area contributed by atoms with Gasteiger partial charge in [-0.3, -0.25) is 4.79 Å². The minimum absolute atomic E-state index is 0.00851. The average Bonchev–Trinajstić information content (AvgIpc) is 2.76. The van der Waals surface area contributed by atoms with Gasteiger partial charge in [0.05, 0.1) is 10.6 Å². The molecule has 1 aromatic rings. The molecule has 4 aliphatic carbocycles. The number of aliphatic carboxylic acids is 2. The van der Waals surface area contributed by atoms with Crippen molar-refractivity contribution < 1.29 is 24.6 Å². The van der Waals surface area contributed by atoms with E-state index in [1.165, 1.54) is 38.5 Å². The summed E-state index contributed by atoms with van der Waals surface area (Å²) < 4.78 is 0. The van der Waals surface area contributed by atoms with Crippen LogP contribution < -0.4 is 5.32 Å². The van der Waals surface area contributed by atoms with E-state index in [1.807, 2.05) is 18.2 Å². The first-order valence-corrected chi connectivity index (χ1v) is 13.4. The number of halogens is 1.